The van der Waals surface area contributed by atoms with Crippen LogP contribution >= 0.6 is 0 Å². The Morgan fingerprint density at radius 2 is 1.89 bits per heavy atom. The minimum absolute atomic E-state index is 0.0301. The van der Waals surface area contributed by atoms with Gasteiger partial charge in [0.25, 0.3) is 0 Å². The second-order valence-corrected chi connectivity index (χ2v) is 13.5. The highest BCUT2D eigenvalue weighted by Gasteiger charge is 2.34. The first kappa shape index (κ1) is 31.7. The Kier molecular flexibility index (Phi) is 8.67. The summed E-state index contributed by atoms with van der Waals surface area (Å²) in [7, 11) is -2.54. The Hall–Kier alpha value is -3.68. The number of methoxy groups -OCH3 is 1. The second-order valence-electron chi connectivity index (χ2n) is 11.6. The number of sulfone groups is 1. The molecule has 0 spiro atoms. The molecule has 5 rings (SSSR count). The molecule has 0 saturated carbocycles. The predicted molar refractivity (Wildman–Crippen MR) is 163 cm³/mol. The van der Waals surface area contributed by atoms with Crippen molar-refractivity contribution in [2.75, 3.05) is 38.1 Å². The van der Waals surface area contributed by atoms with Crippen LogP contribution in [0, 0.1) is 11.6 Å². The first-order chi connectivity index (χ1) is 20.7. The zero-order valence-corrected chi connectivity index (χ0v) is 26.4. The molecule has 1 aliphatic heterocycles. The quantitative estimate of drug-likeness (QED) is 0.195. The summed E-state index contributed by atoms with van der Waals surface area (Å²) < 4.78 is 74.5. The fourth-order valence-corrected chi connectivity index (χ4v) is 6.13. The Labute approximate surface area is 254 Å². The highest BCUT2D eigenvalue weighted by Crippen LogP contribution is 2.43. The molecule has 2 aromatic carbocycles. The molecule has 0 bridgehead atoms. The van der Waals surface area contributed by atoms with Gasteiger partial charge in [0.15, 0.2) is 12.6 Å². The molecule has 0 unspecified atom stereocenters. The maximum atomic E-state index is 17.0. The molecule has 1 atom stereocenters. The van der Waals surface area contributed by atoms with Crippen molar-refractivity contribution in [3.8, 4) is 22.9 Å². The third-order valence-corrected chi connectivity index (χ3v) is 8.31. The molecule has 0 radical (unpaired) electrons. The van der Waals surface area contributed by atoms with Crippen LogP contribution in [0.3, 0.4) is 0 Å². The van der Waals surface area contributed by atoms with E-state index in [2.05, 4.69) is 15.0 Å². The molecule has 1 saturated heterocycles. The number of aliphatic hydroxyl groups is 1. The average molecular weight is 631 g/mol. The topological polar surface area (TPSA) is 124 Å². The summed E-state index contributed by atoms with van der Waals surface area (Å²) in [6, 6.07) is 6.15. The molecule has 44 heavy (non-hydrogen) atoms. The van der Waals surface area contributed by atoms with Gasteiger partial charge in [-0.3, -0.25) is 0 Å². The molecule has 0 amide bonds. The van der Waals surface area contributed by atoms with Crippen LogP contribution in [-0.4, -0.2) is 73.4 Å². The molecule has 1 aliphatic rings. The summed E-state index contributed by atoms with van der Waals surface area (Å²) in [5.41, 5.74) is -1.09. The van der Waals surface area contributed by atoms with Gasteiger partial charge in [-0.05, 0) is 74.6 Å². The van der Waals surface area contributed by atoms with Gasteiger partial charge in [-0.1, -0.05) is 13.0 Å². The first-order valence-electron chi connectivity index (χ1n) is 14.4. The highest BCUT2D eigenvalue weighted by molar-refractivity contribution is 7.90. The maximum Gasteiger partial charge on any atom is 0.249 e. The summed E-state index contributed by atoms with van der Waals surface area (Å²) in [4.78, 5) is 14.9. The molecule has 1 fully saturated rings. The highest BCUT2D eigenvalue weighted by atomic mass is 32.2. The lowest BCUT2D eigenvalue weighted by Crippen LogP contribution is -2.46. The summed E-state index contributed by atoms with van der Waals surface area (Å²) in [6.45, 7) is 7.47. The van der Waals surface area contributed by atoms with Gasteiger partial charge < -0.3 is 24.2 Å². The largest absolute Gasteiger partial charge is 0.474 e. The molecule has 4 aromatic rings. The Morgan fingerprint density at radius 1 is 1.14 bits per heavy atom. The number of anilines is 1. The Morgan fingerprint density at radius 3 is 2.52 bits per heavy atom. The van der Waals surface area contributed by atoms with Crippen LogP contribution in [0.5, 0.6) is 11.6 Å². The minimum atomic E-state index is -4.01. The number of piperidine rings is 1. The fraction of sp³-hybridized carbons (Fsp3) is 0.452. The number of nitrogens with zero attached hydrogens (tertiary/aromatic N) is 4. The van der Waals surface area contributed by atoms with E-state index in [1.807, 2.05) is 0 Å². The standard InChI is InChI=1S/C31H36F2N4O6S/c1-7-20-22(32)10-9-18-13-19(42-16-41-5)14-21(23(18)20)26-25(33)27-24(29(34-26)43-17(2)3)28(36-30(35-27)44(6,39)40)37-12-8-11-31(4,38)15-37/h9-10,13-14,17,38H,7-8,11-12,15-16H2,1-6H3/t31-/m1/s1. The van der Waals surface area contributed by atoms with E-state index in [4.69, 9.17) is 14.2 Å². The van der Waals surface area contributed by atoms with Crippen LogP contribution < -0.4 is 14.4 Å². The van der Waals surface area contributed by atoms with Crippen LogP contribution in [-0.2, 0) is 21.0 Å². The molecule has 2 aromatic heterocycles. The number of rotatable bonds is 9. The Balaban J connectivity index is 1.92. The van der Waals surface area contributed by atoms with Crippen molar-refractivity contribution in [2.24, 2.45) is 0 Å². The van der Waals surface area contributed by atoms with Crippen molar-refractivity contribution in [3.05, 3.63) is 41.5 Å². The monoisotopic (exact) mass is 630 g/mol. The van der Waals surface area contributed by atoms with Crippen molar-refractivity contribution in [2.45, 2.75) is 63.8 Å². The number of fused-ring (bicyclic) bond motifs is 2. The normalized spacial score (nSPS) is 17.5. The van der Waals surface area contributed by atoms with Crippen molar-refractivity contribution in [1.82, 2.24) is 15.0 Å². The number of benzene rings is 2. The van der Waals surface area contributed by atoms with Crippen molar-refractivity contribution in [3.63, 3.8) is 0 Å². The van der Waals surface area contributed by atoms with Gasteiger partial charge in [0.1, 0.15) is 34.0 Å². The summed E-state index contributed by atoms with van der Waals surface area (Å²) >= 11 is 0. The van der Waals surface area contributed by atoms with Gasteiger partial charge in [-0.15, -0.1) is 0 Å². The van der Waals surface area contributed by atoms with Crippen LogP contribution in [0.4, 0.5) is 14.6 Å². The van der Waals surface area contributed by atoms with Crippen molar-refractivity contribution >= 4 is 37.3 Å². The predicted octanol–water partition coefficient (Wildman–Crippen LogP) is 5.21. The smallest absolute Gasteiger partial charge is 0.249 e. The Bertz CT molecular complexity index is 1850. The molecule has 3 heterocycles. The number of pyridine rings is 1. The molecule has 10 nitrogen and oxygen atoms in total. The first-order valence-corrected chi connectivity index (χ1v) is 16.3. The second kappa shape index (κ2) is 12.0. The van der Waals surface area contributed by atoms with Gasteiger partial charge in [0.2, 0.25) is 20.9 Å². The van der Waals surface area contributed by atoms with Crippen LogP contribution in [0.2, 0.25) is 0 Å². The zero-order valence-electron chi connectivity index (χ0n) is 25.6. The van der Waals surface area contributed by atoms with E-state index in [0.29, 0.717) is 47.9 Å². The maximum absolute atomic E-state index is 17.0. The molecule has 0 aliphatic carbocycles. The third kappa shape index (κ3) is 6.13. The van der Waals surface area contributed by atoms with Gasteiger partial charge in [0, 0.05) is 32.0 Å². The number of aromatic nitrogens is 3. The van der Waals surface area contributed by atoms with E-state index < -0.39 is 38.3 Å². The van der Waals surface area contributed by atoms with Crippen molar-refractivity contribution in [1.29, 1.82) is 0 Å². The average Bonchev–Trinajstić information content (AvgIpc) is 2.95. The summed E-state index contributed by atoms with van der Waals surface area (Å²) in [6.07, 6.45) is 1.94. The lowest BCUT2D eigenvalue weighted by molar-refractivity contribution is 0.0447. The lowest BCUT2D eigenvalue weighted by atomic mass is 9.94. The summed E-state index contributed by atoms with van der Waals surface area (Å²) in [5, 5.41) is 11.3. The zero-order chi connectivity index (χ0) is 32.0. The number of β-amino-alcohol motifs (C(OH)–C–C–N with tert-alkyl or cyclic N) is 1. The molecule has 1 N–H and O–H groups in total. The van der Waals surface area contributed by atoms with Crippen LogP contribution in [0.25, 0.3) is 32.9 Å². The van der Waals surface area contributed by atoms with Gasteiger partial charge >= 0.3 is 0 Å². The van der Waals surface area contributed by atoms with Gasteiger partial charge in [0.05, 0.1) is 11.7 Å². The fourth-order valence-electron chi connectivity index (χ4n) is 5.62. The van der Waals surface area contributed by atoms with E-state index in [9.17, 15) is 13.5 Å². The van der Waals surface area contributed by atoms with E-state index in [1.54, 1.807) is 44.7 Å². The van der Waals surface area contributed by atoms with E-state index in [1.165, 1.54) is 19.2 Å². The minimum Gasteiger partial charge on any atom is -0.474 e. The van der Waals surface area contributed by atoms with Crippen LogP contribution in [0.15, 0.2) is 29.4 Å². The van der Waals surface area contributed by atoms with Crippen LogP contribution in [0.1, 0.15) is 46.1 Å². The van der Waals surface area contributed by atoms with Gasteiger partial charge in [-0.2, -0.15) is 0 Å². The number of halogens is 2. The molecular formula is C31H36F2N4O6S. The SMILES string of the molecule is CCc1c(F)ccc2cc(OCOC)cc(-c3nc(OC(C)C)c4c(N5CCC[C@@](C)(O)C5)nc(S(C)(=O)=O)nc4c3F)c12. The molecular weight excluding hydrogens is 594 g/mol. The molecule has 13 heteroatoms. The molecule has 236 valence electrons. The van der Waals surface area contributed by atoms with Crippen molar-refractivity contribution < 1.29 is 36.5 Å². The number of ether oxygens (including phenoxy) is 3. The van der Waals surface area contributed by atoms with Gasteiger partial charge in [-0.25, -0.2) is 32.2 Å². The number of hydrogen-bond donors (Lipinski definition) is 1. The summed E-state index contributed by atoms with van der Waals surface area (Å²) in [5.74, 6) is -1.02. The third-order valence-electron chi connectivity index (χ3n) is 7.46. The number of hydrogen-bond acceptors (Lipinski definition) is 10. The van der Waals surface area contributed by atoms with E-state index in [0.717, 1.165) is 6.26 Å². The van der Waals surface area contributed by atoms with E-state index >= 15 is 8.78 Å². The lowest BCUT2D eigenvalue weighted by Gasteiger charge is -2.38. The number of aryl methyl sites for hydroxylation is 1. The van der Waals surface area contributed by atoms with E-state index in [-0.39, 0.29) is 47.2 Å².